The molecule has 3 N–H and O–H groups in total. The molecule has 0 aliphatic heterocycles. The van der Waals surface area contributed by atoms with Crippen molar-refractivity contribution in [2.45, 2.75) is 6.92 Å². The number of aryl methyl sites for hydroxylation is 1. The third-order valence-electron chi connectivity index (χ3n) is 3.77. The third-order valence-corrected chi connectivity index (χ3v) is 4.08. The molecule has 4 rings (SSSR count). The van der Waals surface area contributed by atoms with Gasteiger partial charge in [-0.2, -0.15) is 5.10 Å². The Morgan fingerprint density at radius 1 is 1.18 bits per heavy atom. The molecule has 144 valence electrons. The molecule has 0 radical (unpaired) electrons. The molecule has 0 saturated carbocycles. The van der Waals surface area contributed by atoms with E-state index in [9.17, 15) is 8.78 Å². The molecule has 0 fully saturated rings. The number of halogens is 4. The first-order valence-electron chi connectivity index (χ1n) is 7.79. The Morgan fingerprint density at radius 3 is 2.68 bits per heavy atom. The SMILES string of the molecule is Cc1nc(N)cc(Nc2ncc(F)c3nn(-c4c(F)cccc4Cl)cc23)n1.Cl. The van der Waals surface area contributed by atoms with E-state index in [0.717, 1.165) is 6.20 Å². The molecule has 0 amide bonds. The van der Waals surface area contributed by atoms with E-state index in [1.165, 1.54) is 35.1 Å². The van der Waals surface area contributed by atoms with E-state index >= 15 is 0 Å². The van der Waals surface area contributed by atoms with Crippen LogP contribution in [0.3, 0.4) is 0 Å². The van der Waals surface area contributed by atoms with Crippen molar-refractivity contribution >= 4 is 52.4 Å². The average Bonchev–Trinajstić information content (AvgIpc) is 3.02. The van der Waals surface area contributed by atoms with Crippen molar-refractivity contribution in [1.29, 1.82) is 0 Å². The molecule has 3 heterocycles. The van der Waals surface area contributed by atoms with Gasteiger partial charge in [0, 0.05) is 12.3 Å². The standard InChI is InChI=1S/C17H12ClF2N7.ClH/c1-8-23-13(21)5-14(24-8)25-17-9-7-27(26-15(9)12(20)6-22-17)16-10(18)3-2-4-11(16)19;/h2-7H,1H3,(H3,21,22,23,24,25);1H. The third kappa shape index (κ3) is 3.54. The maximum absolute atomic E-state index is 14.2. The quantitative estimate of drug-likeness (QED) is 0.512. The van der Waals surface area contributed by atoms with E-state index < -0.39 is 11.6 Å². The largest absolute Gasteiger partial charge is 0.384 e. The van der Waals surface area contributed by atoms with Crippen LogP contribution in [0, 0.1) is 18.6 Å². The van der Waals surface area contributed by atoms with Gasteiger partial charge in [0.15, 0.2) is 5.82 Å². The van der Waals surface area contributed by atoms with Gasteiger partial charge in [0.1, 0.15) is 40.3 Å². The number of para-hydroxylation sites is 1. The van der Waals surface area contributed by atoms with E-state index in [2.05, 4.69) is 25.4 Å². The minimum Gasteiger partial charge on any atom is -0.384 e. The fourth-order valence-electron chi connectivity index (χ4n) is 2.67. The Morgan fingerprint density at radius 2 is 1.96 bits per heavy atom. The Bertz CT molecular complexity index is 1140. The molecule has 7 nitrogen and oxygen atoms in total. The zero-order valence-electron chi connectivity index (χ0n) is 14.3. The van der Waals surface area contributed by atoms with Crippen molar-refractivity contribution < 1.29 is 8.78 Å². The molecular weight excluding hydrogens is 411 g/mol. The highest BCUT2D eigenvalue weighted by Crippen LogP contribution is 2.29. The number of anilines is 3. The van der Waals surface area contributed by atoms with Gasteiger partial charge in [-0.3, -0.25) is 0 Å². The minimum absolute atomic E-state index is 0. The number of nitrogen functional groups attached to an aromatic ring is 1. The van der Waals surface area contributed by atoms with Crippen molar-refractivity contribution in [2.75, 3.05) is 11.1 Å². The lowest BCUT2D eigenvalue weighted by Crippen LogP contribution is -2.02. The summed E-state index contributed by atoms with van der Waals surface area (Å²) < 4.78 is 29.6. The molecule has 3 aromatic heterocycles. The highest BCUT2D eigenvalue weighted by Gasteiger charge is 2.17. The Labute approximate surface area is 169 Å². The predicted octanol–water partition coefficient (Wildman–Crippen LogP) is 4.20. The summed E-state index contributed by atoms with van der Waals surface area (Å²) in [6, 6.07) is 5.75. The number of hydrogen-bond acceptors (Lipinski definition) is 6. The molecule has 0 aliphatic carbocycles. The zero-order chi connectivity index (χ0) is 19.1. The molecule has 0 spiro atoms. The number of rotatable bonds is 3. The number of hydrogen-bond donors (Lipinski definition) is 2. The van der Waals surface area contributed by atoms with E-state index in [1.54, 1.807) is 6.92 Å². The second-order valence-electron chi connectivity index (χ2n) is 5.71. The van der Waals surface area contributed by atoms with Crippen LogP contribution in [0.2, 0.25) is 5.02 Å². The fraction of sp³-hybridized carbons (Fsp3) is 0.0588. The van der Waals surface area contributed by atoms with Crippen LogP contribution in [0.5, 0.6) is 0 Å². The number of nitrogens with one attached hydrogen (secondary N) is 1. The van der Waals surface area contributed by atoms with Crippen LogP contribution in [0.15, 0.2) is 36.7 Å². The monoisotopic (exact) mass is 423 g/mol. The average molecular weight is 424 g/mol. The van der Waals surface area contributed by atoms with Gasteiger partial charge >= 0.3 is 0 Å². The number of nitrogens with zero attached hydrogens (tertiary/aromatic N) is 5. The fourth-order valence-corrected chi connectivity index (χ4v) is 2.92. The van der Waals surface area contributed by atoms with Gasteiger partial charge in [-0.1, -0.05) is 17.7 Å². The van der Waals surface area contributed by atoms with Gasteiger partial charge in [-0.05, 0) is 19.1 Å². The van der Waals surface area contributed by atoms with E-state index in [-0.39, 0.29) is 40.3 Å². The summed E-state index contributed by atoms with van der Waals surface area (Å²) in [6.07, 6.45) is 2.46. The Hall–Kier alpha value is -3.04. The van der Waals surface area contributed by atoms with Gasteiger partial charge in [-0.15, -0.1) is 12.4 Å². The second-order valence-corrected chi connectivity index (χ2v) is 6.12. The molecule has 4 aromatic rings. The van der Waals surface area contributed by atoms with Gasteiger partial charge < -0.3 is 11.1 Å². The molecule has 28 heavy (non-hydrogen) atoms. The first-order chi connectivity index (χ1) is 12.9. The zero-order valence-corrected chi connectivity index (χ0v) is 15.9. The van der Waals surface area contributed by atoms with E-state index in [4.69, 9.17) is 17.3 Å². The minimum atomic E-state index is -0.653. The van der Waals surface area contributed by atoms with Gasteiger partial charge in [0.25, 0.3) is 0 Å². The molecule has 0 saturated heterocycles. The molecular formula is C17H13Cl2F2N7. The first-order valence-corrected chi connectivity index (χ1v) is 8.16. The number of benzene rings is 1. The summed E-state index contributed by atoms with van der Waals surface area (Å²) in [6.45, 7) is 1.69. The lowest BCUT2D eigenvalue weighted by Gasteiger charge is -2.07. The van der Waals surface area contributed by atoms with Crippen LogP contribution in [0.4, 0.5) is 26.2 Å². The maximum atomic E-state index is 14.2. The van der Waals surface area contributed by atoms with Crippen molar-refractivity contribution in [3.05, 3.63) is 59.1 Å². The highest BCUT2D eigenvalue weighted by atomic mass is 35.5. The van der Waals surface area contributed by atoms with E-state index in [1.807, 2.05) is 0 Å². The van der Waals surface area contributed by atoms with Crippen molar-refractivity contribution in [3.8, 4) is 5.69 Å². The molecule has 0 atom stereocenters. The van der Waals surface area contributed by atoms with Crippen molar-refractivity contribution in [1.82, 2.24) is 24.7 Å². The van der Waals surface area contributed by atoms with Crippen LogP contribution in [0.1, 0.15) is 5.82 Å². The van der Waals surface area contributed by atoms with E-state index in [0.29, 0.717) is 17.0 Å². The van der Waals surface area contributed by atoms with Gasteiger partial charge in [0.2, 0.25) is 0 Å². The summed E-state index contributed by atoms with van der Waals surface area (Å²) >= 11 is 6.08. The molecule has 0 aliphatic rings. The predicted molar refractivity (Wildman–Crippen MR) is 106 cm³/mol. The summed E-state index contributed by atoms with van der Waals surface area (Å²) in [7, 11) is 0. The summed E-state index contributed by atoms with van der Waals surface area (Å²) in [4.78, 5) is 12.2. The molecule has 11 heteroatoms. The van der Waals surface area contributed by atoms with Crippen LogP contribution in [-0.4, -0.2) is 24.7 Å². The number of nitrogens with two attached hydrogens (primary N) is 1. The topological polar surface area (TPSA) is 94.5 Å². The molecule has 0 unspecified atom stereocenters. The summed E-state index contributed by atoms with van der Waals surface area (Å²) in [5.74, 6) is 0.166. The first kappa shape index (κ1) is 19.7. The smallest absolute Gasteiger partial charge is 0.169 e. The Balaban J connectivity index is 0.00000225. The lowest BCUT2D eigenvalue weighted by atomic mass is 10.3. The second kappa shape index (κ2) is 7.53. The van der Waals surface area contributed by atoms with Gasteiger partial charge in [0.05, 0.1) is 16.6 Å². The lowest BCUT2D eigenvalue weighted by molar-refractivity contribution is 0.608. The normalized spacial score (nSPS) is 10.7. The maximum Gasteiger partial charge on any atom is 0.169 e. The van der Waals surface area contributed by atoms with Crippen LogP contribution in [0.25, 0.3) is 16.6 Å². The summed E-state index contributed by atoms with van der Waals surface area (Å²) in [5.41, 5.74) is 5.74. The van der Waals surface area contributed by atoms with Gasteiger partial charge in [-0.25, -0.2) is 28.4 Å². The van der Waals surface area contributed by atoms with Crippen LogP contribution >= 0.6 is 24.0 Å². The van der Waals surface area contributed by atoms with Crippen LogP contribution in [-0.2, 0) is 0 Å². The number of aromatic nitrogens is 5. The molecule has 1 aromatic carbocycles. The summed E-state index contributed by atoms with van der Waals surface area (Å²) in [5, 5.41) is 7.55. The number of pyridine rings is 1. The highest BCUT2D eigenvalue weighted by molar-refractivity contribution is 6.32. The van der Waals surface area contributed by atoms with Crippen molar-refractivity contribution in [3.63, 3.8) is 0 Å². The Kier molecular flexibility index (Phi) is 5.30. The molecule has 0 bridgehead atoms. The number of fused-ring (bicyclic) bond motifs is 1. The van der Waals surface area contributed by atoms with Crippen LogP contribution < -0.4 is 11.1 Å². The van der Waals surface area contributed by atoms with Crippen molar-refractivity contribution in [2.24, 2.45) is 0 Å².